The van der Waals surface area contributed by atoms with Crippen LogP contribution in [-0.4, -0.2) is 32.8 Å². The molecule has 2 saturated carbocycles. The van der Waals surface area contributed by atoms with Crippen molar-refractivity contribution in [3.8, 4) is 11.5 Å². The van der Waals surface area contributed by atoms with Crippen LogP contribution in [0.15, 0.2) is 47.5 Å². The van der Waals surface area contributed by atoms with Gasteiger partial charge in [0.25, 0.3) is 0 Å². The standard InChI is InChI=1S/C28H33NO3/c1-28-13-12-23-22-11-9-21(31-3)14-18(22)6-10-24(23)25(28)15-19-16-29-27(32-26(19)28)17-4-7-20(30-2)8-5-17/h4-5,7-9,11,14,19,23-26H,6,10,12-13,15-16H2,1-3H3/t19-,23-,24-,25+,26+,28+/m1/s1. The van der Waals surface area contributed by atoms with Crippen molar-refractivity contribution in [3.63, 3.8) is 0 Å². The third-order valence-electron chi connectivity index (χ3n) is 9.05. The summed E-state index contributed by atoms with van der Waals surface area (Å²) in [4.78, 5) is 4.89. The Hall–Kier alpha value is -2.49. The van der Waals surface area contributed by atoms with Crippen molar-refractivity contribution in [1.29, 1.82) is 0 Å². The van der Waals surface area contributed by atoms with Crippen molar-refractivity contribution in [1.82, 2.24) is 0 Å². The van der Waals surface area contributed by atoms with Crippen molar-refractivity contribution in [2.45, 2.75) is 51.0 Å². The number of fused-ring (bicyclic) bond motifs is 7. The van der Waals surface area contributed by atoms with E-state index in [4.69, 9.17) is 19.2 Å². The average Bonchev–Trinajstić information content (AvgIpc) is 3.15. The fourth-order valence-electron chi connectivity index (χ4n) is 7.47. The molecule has 0 spiro atoms. The fourth-order valence-corrected chi connectivity index (χ4v) is 7.47. The van der Waals surface area contributed by atoms with Crippen LogP contribution in [0.2, 0.25) is 0 Å². The van der Waals surface area contributed by atoms with Crippen LogP contribution in [0, 0.1) is 23.2 Å². The summed E-state index contributed by atoms with van der Waals surface area (Å²) < 4.78 is 17.5. The van der Waals surface area contributed by atoms with Gasteiger partial charge in [0.05, 0.1) is 14.2 Å². The molecule has 6 rings (SSSR count). The van der Waals surface area contributed by atoms with Gasteiger partial charge in [0.15, 0.2) is 0 Å². The van der Waals surface area contributed by atoms with Crippen LogP contribution in [0.1, 0.15) is 55.2 Å². The third kappa shape index (κ3) is 2.98. The van der Waals surface area contributed by atoms with Crippen molar-refractivity contribution in [2.75, 3.05) is 20.8 Å². The van der Waals surface area contributed by atoms with Crippen molar-refractivity contribution in [2.24, 2.45) is 28.2 Å². The topological polar surface area (TPSA) is 40.0 Å². The normalized spacial score (nSPS) is 34.8. The van der Waals surface area contributed by atoms with Gasteiger partial charge in [0, 0.05) is 23.4 Å². The quantitative estimate of drug-likeness (QED) is 0.632. The number of rotatable bonds is 3. The van der Waals surface area contributed by atoms with Gasteiger partial charge in [-0.05, 0) is 97.4 Å². The SMILES string of the molecule is COc1ccc(C2=NC[C@H]3C[C@H]4[C@@H]5CCc6cc(OC)ccc6[C@H]5CC[C@]4(C)[C@H]3O2)cc1. The zero-order valence-electron chi connectivity index (χ0n) is 19.3. The lowest BCUT2D eigenvalue weighted by Crippen LogP contribution is -2.47. The van der Waals surface area contributed by atoms with Crippen LogP contribution >= 0.6 is 0 Å². The van der Waals surface area contributed by atoms with Crippen LogP contribution in [-0.2, 0) is 11.2 Å². The molecule has 1 aliphatic heterocycles. The van der Waals surface area contributed by atoms with Crippen molar-refractivity contribution in [3.05, 3.63) is 59.2 Å². The van der Waals surface area contributed by atoms with E-state index in [2.05, 4.69) is 37.3 Å². The largest absolute Gasteiger partial charge is 0.497 e. The van der Waals surface area contributed by atoms with Gasteiger partial charge in [-0.25, -0.2) is 0 Å². The van der Waals surface area contributed by atoms with E-state index in [1.807, 2.05) is 12.1 Å². The molecular weight excluding hydrogens is 398 g/mol. The molecule has 32 heavy (non-hydrogen) atoms. The first-order valence-electron chi connectivity index (χ1n) is 12.1. The first-order chi connectivity index (χ1) is 15.6. The highest BCUT2D eigenvalue weighted by Crippen LogP contribution is 2.63. The summed E-state index contributed by atoms with van der Waals surface area (Å²) in [5, 5.41) is 0. The van der Waals surface area contributed by atoms with E-state index >= 15 is 0 Å². The number of hydrogen-bond acceptors (Lipinski definition) is 4. The predicted octanol–water partition coefficient (Wildman–Crippen LogP) is 5.63. The highest BCUT2D eigenvalue weighted by Gasteiger charge is 2.60. The second-order valence-electron chi connectivity index (χ2n) is 10.4. The van der Waals surface area contributed by atoms with Gasteiger partial charge < -0.3 is 14.2 Å². The van der Waals surface area contributed by atoms with Crippen LogP contribution in [0.4, 0.5) is 0 Å². The highest BCUT2D eigenvalue weighted by molar-refractivity contribution is 5.94. The highest BCUT2D eigenvalue weighted by atomic mass is 16.5. The van der Waals surface area contributed by atoms with Gasteiger partial charge in [-0.2, -0.15) is 0 Å². The number of aryl methyl sites for hydroxylation is 1. The third-order valence-corrected chi connectivity index (χ3v) is 9.05. The summed E-state index contributed by atoms with van der Waals surface area (Å²) in [6.45, 7) is 3.41. The maximum atomic E-state index is 6.71. The first-order valence-corrected chi connectivity index (χ1v) is 12.1. The fraction of sp³-hybridized carbons (Fsp3) is 0.536. The molecule has 0 saturated heterocycles. The predicted molar refractivity (Wildman–Crippen MR) is 126 cm³/mol. The summed E-state index contributed by atoms with van der Waals surface area (Å²) >= 11 is 0. The van der Waals surface area contributed by atoms with E-state index in [-0.39, 0.29) is 11.5 Å². The van der Waals surface area contributed by atoms with Gasteiger partial charge in [-0.3, -0.25) is 4.99 Å². The Labute approximate surface area is 191 Å². The molecule has 4 nitrogen and oxygen atoms in total. The number of benzene rings is 2. The van der Waals surface area contributed by atoms with Crippen LogP contribution in [0.25, 0.3) is 0 Å². The number of aliphatic imine (C=N–C) groups is 1. The molecule has 2 fully saturated rings. The number of nitrogens with zero attached hydrogens (tertiary/aromatic N) is 1. The Morgan fingerprint density at radius 2 is 1.78 bits per heavy atom. The molecule has 6 atom stereocenters. The van der Waals surface area contributed by atoms with Crippen LogP contribution in [0.3, 0.4) is 0 Å². The Kier molecular flexibility index (Phi) is 4.74. The maximum absolute atomic E-state index is 6.71. The molecular formula is C28H33NO3. The minimum Gasteiger partial charge on any atom is -0.497 e. The molecule has 2 aromatic rings. The zero-order chi connectivity index (χ0) is 21.9. The molecule has 168 valence electrons. The number of ether oxygens (including phenoxy) is 3. The molecule has 1 heterocycles. The lowest BCUT2D eigenvalue weighted by molar-refractivity contribution is -0.0278. The lowest BCUT2D eigenvalue weighted by atomic mass is 9.55. The zero-order valence-corrected chi connectivity index (χ0v) is 19.3. The monoisotopic (exact) mass is 431 g/mol. The molecule has 0 N–H and O–H groups in total. The molecule has 0 unspecified atom stereocenters. The smallest absolute Gasteiger partial charge is 0.216 e. The van der Waals surface area contributed by atoms with Gasteiger partial charge in [-0.15, -0.1) is 0 Å². The van der Waals surface area contributed by atoms with Crippen LogP contribution in [0.5, 0.6) is 11.5 Å². The molecule has 3 aliphatic carbocycles. The second kappa shape index (κ2) is 7.54. The van der Waals surface area contributed by atoms with Crippen molar-refractivity contribution >= 4 is 5.90 Å². The molecule has 4 aliphatic rings. The molecule has 0 amide bonds. The van der Waals surface area contributed by atoms with E-state index in [1.54, 1.807) is 19.8 Å². The van der Waals surface area contributed by atoms with Crippen molar-refractivity contribution < 1.29 is 14.2 Å². The van der Waals surface area contributed by atoms with E-state index in [9.17, 15) is 0 Å². The summed E-state index contributed by atoms with van der Waals surface area (Å²) in [5.74, 6) is 5.38. The number of methoxy groups -OCH3 is 2. The molecule has 0 radical (unpaired) electrons. The average molecular weight is 432 g/mol. The Balaban J connectivity index is 1.25. The molecule has 2 aromatic carbocycles. The summed E-state index contributed by atoms with van der Waals surface area (Å²) in [6.07, 6.45) is 6.49. The summed E-state index contributed by atoms with van der Waals surface area (Å²) in [5.41, 5.74) is 4.38. The number of hydrogen-bond donors (Lipinski definition) is 0. The molecule has 4 heteroatoms. The van der Waals surface area contributed by atoms with E-state index in [0.717, 1.165) is 41.3 Å². The van der Waals surface area contributed by atoms with E-state index in [0.29, 0.717) is 11.8 Å². The summed E-state index contributed by atoms with van der Waals surface area (Å²) in [7, 11) is 3.46. The van der Waals surface area contributed by atoms with E-state index < -0.39 is 0 Å². The Morgan fingerprint density at radius 1 is 1.00 bits per heavy atom. The minimum atomic E-state index is 0.240. The van der Waals surface area contributed by atoms with Gasteiger partial charge in [-0.1, -0.05) is 13.0 Å². The molecule has 0 bridgehead atoms. The van der Waals surface area contributed by atoms with E-state index in [1.165, 1.54) is 37.7 Å². The summed E-state index contributed by atoms with van der Waals surface area (Å²) in [6, 6.07) is 14.9. The molecule has 0 aromatic heterocycles. The maximum Gasteiger partial charge on any atom is 0.216 e. The Bertz CT molecular complexity index is 1050. The van der Waals surface area contributed by atoms with Gasteiger partial charge in [0.1, 0.15) is 17.6 Å². The Morgan fingerprint density at radius 3 is 2.56 bits per heavy atom. The van der Waals surface area contributed by atoms with Crippen LogP contribution < -0.4 is 9.47 Å². The van der Waals surface area contributed by atoms with Gasteiger partial charge >= 0.3 is 0 Å². The lowest BCUT2D eigenvalue weighted by Gasteiger charge is -2.50. The van der Waals surface area contributed by atoms with Gasteiger partial charge in [0.2, 0.25) is 5.90 Å². The first kappa shape index (κ1) is 20.1. The second-order valence-corrected chi connectivity index (χ2v) is 10.4. The minimum absolute atomic E-state index is 0.240.